The van der Waals surface area contributed by atoms with Crippen LogP contribution < -0.4 is 0 Å². The molecule has 0 aromatic rings. The zero-order valence-electron chi connectivity index (χ0n) is 28.6. The Morgan fingerprint density at radius 2 is 1.34 bits per heavy atom. The van der Waals surface area contributed by atoms with Gasteiger partial charge in [-0.1, -0.05) is 74.3 Å². The maximum Gasteiger partial charge on any atom is 0.309 e. The van der Waals surface area contributed by atoms with Crippen molar-refractivity contribution in [2.45, 2.75) is 131 Å². The molecule has 0 amide bonds. The summed E-state index contributed by atoms with van der Waals surface area (Å²) in [6, 6.07) is 0. The molecule has 0 aromatic heterocycles. The summed E-state index contributed by atoms with van der Waals surface area (Å²) in [5, 5.41) is 20.6. The molecular formula is C40H60O4. The van der Waals surface area contributed by atoms with E-state index in [-0.39, 0.29) is 22.7 Å². The summed E-state index contributed by atoms with van der Waals surface area (Å²) >= 11 is 0. The Bertz CT molecular complexity index is 1260. The van der Waals surface area contributed by atoms with Crippen molar-refractivity contribution in [2.24, 2.45) is 57.2 Å². The molecule has 0 aromatic carbocycles. The van der Waals surface area contributed by atoms with E-state index >= 15 is 0 Å². The smallest absolute Gasteiger partial charge is 0.309 e. The molecule has 0 radical (unpaired) electrons. The third-order valence-corrected chi connectivity index (χ3v) is 14.8. The van der Waals surface area contributed by atoms with Gasteiger partial charge in [0.05, 0.1) is 10.8 Å². The average Bonchev–Trinajstić information content (AvgIpc) is 2.94. The number of aliphatic carboxylic acids is 2. The van der Waals surface area contributed by atoms with Crippen LogP contribution >= 0.6 is 0 Å². The van der Waals surface area contributed by atoms with Crippen molar-refractivity contribution in [2.75, 3.05) is 0 Å². The number of rotatable bonds is 7. The summed E-state index contributed by atoms with van der Waals surface area (Å²) in [6.07, 6.45) is 18.7. The highest BCUT2D eigenvalue weighted by molar-refractivity contribution is 5.75. The van der Waals surface area contributed by atoms with Crippen molar-refractivity contribution in [1.82, 2.24) is 0 Å². The van der Waals surface area contributed by atoms with Crippen LogP contribution in [0.25, 0.3) is 0 Å². The predicted octanol–water partition coefficient (Wildman–Crippen LogP) is 10.4. The van der Waals surface area contributed by atoms with Gasteiger partial charge in [0, 0.05) is 0 Å². The summed E-state index contributed by atoms with van der Waals surface area (Å²) in [6.45, 7) is 22.6. The van der Waals surface area contributed by atoms with Crippen LogP contribution in [0.15, 0.2) is 47.6 Å². The van der Waals surface area contributed by atoms with E-state index in [0.29, 0.717) is 23.7 Å². The second kappa shape index (κ2) is 11.9. The van der Waals surface area contributed by atoms with Gasteiger partial charge < -0.3 is 10.2 Å². The van der Waals surface area contributed by atoms with Gasteiger partial charge in [0.1, 0.15) is 0 Å². The second-order valence-corrected chi connectivity index (χ2v) is 16.9. The highest BCUT2D eigenvalue weighted by atomic mass is 16.4. The number of carbonyl (C=O) groups is 2. The summed E-state index contributed by atoms with van der Waals surface area (Å²) in [5.41, 5.74) is 4.27. The van der Waals surface area contributed by atoms with Gasteiger partial charge in [0.15, 0.2) is 0 Å². The Hall–Kier alpha value is -2.10. The molecule has 4 heteroatoms. The summed E-state index contributed by atoms with van der Waals surface area (Å²) in [4.78, 5) is 25.1. The van der Waals surface area contributed by atoms with Crippen LogP contribution in [0.2, 0.25) is 0 Å². The highest BCUT2D eigenvalue weighted by Crippen LogP contribution is 2.64. The molecule has 0 aliphatic heterocycles. The Labute approximate surface area is 267 Å². The first-order valence-electron chi connectivity index (χ1n) is 17.7. The summed E-state index contributed by atoms with van der Waals surface area (Å²) in [5.74, 6) is 0.722. The Kier molecular flexibility index (Phi) is 9.01. The standard InChI is InChI=1S/C40H60O4/c1-25-12-9-13-29(30(25)24-32-28(4)16-19-34-38(32,6)21-11-23-40(34,8)36(43)44)26(2)14-17-31-27(3)15-18-33-37(31,5)20-10-22-39(33,7)35(41)42/h12,14,29-34H,3-4,9-11,13,15-24H2,1-2,5-8H3,(H,41,42)(H,43,44)/b26-14+/t29-,30-,31-,32+,33?,34?,37+,38-,39+,40-/m1/s1. The van der Waals surface area contributed by atoms with Gasteiger partial charge in [-0.2, -0.15) is 0 Å². The maximum absolute atomic E-state index is 12.6. The average molecular weight is 605 g/mol. The summed E-state index contributed by atoms with van der Waals surface area (Å²) < 4.78 is 0. The molecule has 0 spiro atoms. The molecular weight excluding hydrogens is 544 g/mol. The fraction of sp³-hybridized carbons (Fsp3) is 0.750. The monoisotopic (exact) mass is 604 g/mol. The molecule has 5 aliphatic rings. The van der Waals surface area contributed by atoms with E-state index in [1.54, 1.807) is 0 Å². The normalized spacial score (nSPS) is 44.8. The van der Waals surface area contributed by atoms with Crippen LogP contribution in [0.3, 0.4) is 0 Å². The van der Waals surface area contributed by atoms with Crippen molar-refractivity contribution in [1.29, 1.82) is 0 Å². The quantitative estimate of drug-likeness (QED) is 0.284. The zero-order valence-corrected chi connectivity index (χ0v) is 28.6. The molecule has 2 unspecified atom stereocenters. The van der Waals surface area contributed by atoms with E-state index in [2.05, 4.69) is 53.0 Å². The van der Waals surface area contributed by atoms with Crippen LogP contribution in [0.5, 0.6) is 0 Å². The lowest BCUT2D eigenvalue weighted by Crippen LogP contribution is -2.53. The molecule has 2 N–H and O–H groups in total. The number of hydrogen-bond acceptors (Lipinski definition) is 2. The van der Waals surface area contributed by atoms with E-state index in [1.807, 2.05) is 13.8 Å². The first-order chi connectivity index (χ1) is 20.6. The first kappa shape index (κ1) is 33.3. The SMILES string of the molecule is C=C1CCC2[C@@](C)(C(=O)O)CCC[C@@]2(C)[C@@H]1C/C=C(\C)[C@H]1CCC=C(C)[C@H]1C[C@H]1C(=C)CCC2[C@](C)(C(=O)O)CCC[C@@]21C. The van der Waals surface area contributed by atoms with Crippen molar-refractivity contribution in [3.63, 3.8) is 0 Å². The largest absolute Gasteiger partial charge is 0.481 e. The minimum Gasteiger partial charge on any atom is -0.481 e. The lowest BCUT2D eigenvalue weighted by Gasteiger charge is -2.58. The topological polar surface area (TPSA) is 74.6 Å². The molecule has 0 heterocycles. The molecule has 5 rings (SSSR count). The fourth-order valence-electron chi connectivity index (χ4n) is 12.0. The maximum atomic E-state index is 12.6. The van der Waals surface area contributed by atoms with Gasteiger partial charge in [-0.15, -0.1) is 0 Å². The number of carboxylic acid groups (broad SMARTS) is 2. The molecule has 4 nitrogen and oxygen atoms in total. The van der Waals surface area contributed by atoms with E-state index in [1.165, 1.54) is 22.3 Å². The van der Waals surface area contributed by atoms with Crippen molar-refractivity contribution in [3.05, 3.63) is 47.6 Å². The molecule has 244 valence electrons. The third kappa shape index (κ3) is 5.28. The second-order valence-electron chi connectivity index (χ2n) is 16.9. The zero-order chi connectivity index (χ0) is 32.2. The molecule has 5 aliphatic carbocycles. The number of fused-ring (bicyclic) bond motifs is 2. The molecule has 44 heavy (non-hydrogen) atoms. The van der Waals surface area contributed by atoms with Crippen molar-refractivity contribution < 1.29 is 19.8 Å². The van der Waals surface area contributed by atoms with Gasteiger partial charge in [-0.05, 0) is 151 Å². The lowest BCUT2D eigenvalue weighted by atomic mass is 9.46. The molecule has 0 bridgehead atoms. The third-order valence-electron chi connectivity index (χ3n) is 14.8. The highest BCUT2D eigenvalue weighted by Gasteiger charge is 2.59. The van der Waals surface area contributed by atoms with Crippen LogP contribution in [0.1, 0.15) is 131 Å². The Morgan fingerprint density at radius 1 is 0.841 bits per heavy atom. The van der Waals surface area contributed by atoms with Crippen LogP contribution in [-0.4, -0.2) is 22.2 Å². The molecule has 4 saturated carbocycles. The molecule has 0 saturated heterocycles. The minimum atomic E-state index is -0.648. The number of carboxylic acids is 2. The van der Waals surface area contributed by atoms with E-state index in [0.717, 1.165) is 89.9 Å². The van der Waals surface area contributed by atoms with E-state index in [9.17, 15) is 19.8 Å². The number of hydrogen-bond donors (Lipinski definition) is 2. The Balaban J connectivity index is 1.39. The van der Waals surface area contributed by atoms with Gasteiger partial charge >= 0.3 is 11.9 Å². The Morgan fingerprint density at radius 3 is 1.86 bits per heavy atom. The van der Waals surface area contributed by atoms with Crippen LogP contribution in [0, 0.1) is 57.2 Å². The lowest BCUT2D eigenvalue weighted by molar-refractivity contribution is -0.165. The van der Waals surface area contributed by atoms with E-state index in [4.69, 9.17) is 0 Å². The van der Waals surface area contributed by atoms with Gasteiger partial charge in [-0.3, -0.25) is 9.59 Å². The number of allylic oxidation sites excluding steroid dienone is 6. The summed E-state index contributed by atoms with van der Waals surface area (Å²) in [7, 11) is 0. The van der Waals surface area contributed by atoms with Gasteiger partial charge in [0.25, 0.3) is 0 Å². The van der Waals surface area contributed by atoms with E-state index < -0.39 is 22.8 Å². The fourth-order valence-corrected chi connectivity index (χ4v) is 12.0. The van der Waals surface area contributed by atoms with Gasteiger partial charge in [0.2, 0.25) is 0 Å². The van der Waals surface area contributed by atoms with Crippen molar-refractivity contribution >= 4 is 11.9 Å². The predicted molar refractivity (Wildman–Crippen MR) is 179 cm³/mol. The van der Waals surface area contributed by atoms with Crippen LogP contribution in [0.4, 0.5) is 0 Å². The molecule has 4 fully saturated rings. The molecule has 10 atom stereocenters. The first-order valence-corrected chi connectivity index (χ1v) is 17.7. The minimum absolute atomic E-state index is 0.0260. The van der Waals surface area contributed by atoms with Crippen molar-refractivity contribution in [3.8, 4) is 0 Å². The van der Waals surface area contributed by atoms with Gasteiger partial charge in [-0.25, -0.2) is 0 Å². The van der Waals surface area contributed by atoms with Crippen LogP contribution in [-0.2, 0) is 9.59 Å².